The molecule has 1 saturated heterocycles. The van der Waals surface area contributed by atoms with Crippen LogP contribution in [0.1, 0.15) is 56.7 Å². The highest BCUT2D eigenvalue weighted by Gasteiger charge is 2.49. The van der Waals surface area contributed by atoms with Crippen molar-refractivity contribution in [3.63, 3.8) is 0 Å². The molecular weight excluding hydrogens is 452 g/mol. The Kier molecular flexibility index (Phi) is 6.25. The van der Waals surface area contributed by atoms with E-state index < -0.39 is 11.2 Å². The highest BCUT2D eigenvalue weighted by molar-refractivity contribution is 5.71. The van der Waals surface area contributed by atoms with Gasteiger partial charge < -0.3 is 19.3 Å². The Morgan fingerprint density at radius 2 is 1.67 bits per heavy atom. The largest absolute Gasteiger partial charge is 0.438 e. The second kappa shape index (κ2) is 9.25. The molecule has 2 unspecified atom stereocenters. The van der Waals surface area contributed by atoms with Crippen LogP contribution in [0, 0.1) is 5.92 Å². The fraction of sp³-hybridized carbons (Fsp3) is 0.400. The lowest BCUT2D eigenvalue weighted by Crippen LogP contribution is -2.51. The SMILES string of the molecule is Cn1cc(-c2ccc(C(C3CC3)N3CCC(CC(C)(C)O)(c4ccccc4)OC3=O)cc2)ccc1=O. The summed E-state index contributed by atoms with van der Waals surface area (Å²) in [5.74, 6) is 0.416. The number of aromatic nitrogens is 1. The number of nitrogens with zero attached hydrogens (tertiary/aromatic N) is 2. The van der Waals surface area contributed by atoms with Crippen LogP contribution in [0.25, 0.3) is 11.1 Å². The normalized spacial score (nSPS) is 21.2. The molecule has 3 aromatic rings. The third-order valence-electron chi connectivity index (χ3n) is 7.37. The molecule has 2 aliphatic rings. The summed E-state index contributed by atoms with van der Waals surface area (Å²) in [5, 5.41) is 10.7. The molecule has 1 amide bonds. The maximum atomic E-state index is 13.6. The number of benzene rings is 2. The molecule has 1 aliphatic carbocycles. The molecule has 2 heterocycles. The van der Waals surface area contributed by atoms with Crippen molar-refractivity contribution < 1.29 is 14.6 Å². The average molecular weight is 487 g/mol. The molecule has 6 heteroatoms. The molecule has 1 N–H and O–H groups in total. The fourth-order valence-electron chi connectivity index (χ4n) is 5.55. The smallest absolute Gasteiger partial charge is 0.411 e. The van der Waals surface area contributed by atoms with Crippen molar-refractivity contribution >= 4 is 6.09 Å². The van der Waals surface area contributed by atoms with Gasteiger partial charge in [-0.3, -0.25) is 4.79 Å². The van der Waals surface area contributed by atoms with Crippen molar-refractivity contribution in [1.82, 2.24) is 9.47 Å². The molecule has 1 aromatic heterocycles. The van der Waals surface area contributed by atoms with Crippen LogP contribution in [-0.4, -0.2) is 32.8 Å². The molecule has 0 bridgehead atoms. The molecule has 6 nitrogen and oxygen atoms in total. The lowest BCUT2D eigenvalue weighted by Gasteiger charge is -2.46. The summed E-state index contributed by atoms with van der Waals surface area (Å²) in [5.41, 5.74) is 2.15. The number of amides is 1. The van der Waals surface area contributed by atoms with E-state index in [0.717, 1.165) is 35.1 Å². The van der Waals surface area contributed by atoms with Gasteiger partial charge in [-0.2, -0.15) is 0 Å². The number of aryl methyl sites for hydroxylation is 1. The topological polar surface area (TPSA) is 71.8 Å². The lowest BCUT2D eigenvalue weighted by molar-refractivity contribution is -0.103. The minimum atomic E-state index is -0.981. The predicted octanol–water partition coefficient (Wildman–Crippen LogP) is 5.40. The Morgan fingerprint density at radius 3 is 2.25 bits per heavy atom. The van der Waals surface area contributed by atoms with Gasteiger partial charge in [0.25, 0.3) is 0 Å². The minimum absolute atomic E-state index is 0.0380. The summed E-state index contributed by atoms with van der Waals surface area (Å²) < 4.78 is 7.82. The van der Waals surface area contributed by atoms with E-state index in [1.54, 1.807) is 31.5 Å². The first-order chi connectivity index (χ1) is 17.2. The van der Waals surface area contributed by atoms with E-state index >= 15 is 0 Å². The molecule has 0 spiro atoms. The zero-order valence-corrected chi connectivity index (χ0v) is 21.2. The highest BCUT2D eigenvalue weighted by Crippen LogP contribution is 2.48. The zero-order chi connectivity index (χ0) is 25.5. The maximum absolute atomic E-state index is 13.6. The number of carbonyl (C=O) groups excluding carboxylic acids is 1. The number of hydrogen-bond acceptors (Lipinski definition) is 4. The summed E-state index contributed by atoms with van der Waals surface area (Å²) >= 11 is 0. The van der Waals surface area contributed by atoms with Gasteiger partial charge in [0.1, 0.15) is 5.60 Å². The van der Waals surface area contributed by atoms with Crippen LogP contribution in [0.4, 0.5) is 4.79 Å². The van der Waals surface area contributed by atoms with E-state index in [-0.39, 0.29) is 17.7 Å². The van der Waals surface area contributed by atoms with Gasteiger partial charge in [-0.15, -0.1) is 0 Å². The van der Waals surface area contributed by atoms with Crippen LogP contribution >= 0.6 is 0 Å². The first kappa shape index (κ1) is 24.3. The Bertz CT molecular complexity index is 1290. The summed E-state index contributed by atoms with van der Waals surface area (Å²) in [7, 11) is 1.75. The van der Waals surface area contributed by atoms with Crippen molar-refractivity contribution in [1.29, 1.82) is 0 Å². The second-order valence-electron chi connectivity index (χ2n) is 10.9. The number of ether oxygens (including phenoxy) is 1. The van der Waals surface area contributed by atoms with Gasteiger partial charge in [-0.1, -0.05) is 54.6 Å². The Labute approximate surface area is 212 Å². The Balaban J connectivity index is 1.41. The van der Waals surface area contributed by atoms with Gasteiger partial charge in [-0.25, -0.2) is 4.79 Å². The summed E-state index contributed by atoms with van der Waals surface area (Å²) in [4.78, 5) is 27.2. The van der Waals surface area contributed by atoms with Crippen molar-refractivity contribution in [3.8, 4) is 11.1 Å². The van der Waals surface area contributed by atoms with Crippen LogP contribution in [0.3, 0.4) is 0 Å². The number of rotatable bonds is 7. The van der Waals surface area contributed by atoms with Gasteiger partial charge in [0.2, 0.25) is 5.56 Å². The van der Waals surface area contributed by atoms with E-state index in [1.807, 2.05) is 47.5 Å². The van der Waals surface area contributed by atoms with Crippen LogP contribution in [0.5, 0.6) is 0 Å². The molecule has 5 rings (SSSR count). The van der Waals surface area contributed by atoms with Gasteiger partial charge in [0, 0.05) is 38.7 Å². The maximum Gasteiger partial charge on any atom is 0.411 e. The third-order valence-corrected chi connectivity index (χ3v) is 7.37. The molecule has 0 radical (unpaired) electrons. The van der Waals surface area contributed by atoms with Crippen molar-refractivity contribution in [3.05, 3.63) is 94.4 Å². The zero-order valence-electron chi connectivity index (χ0n) is 21.2. The van der Waals surface area contributed by atoms with Gasteiger partial charge >= 0.3 is 6.09 Å². The van der Waals surface area contributed by atoms with E-state index in [9.17, 15) is 14.7 Å². The molecule has 188 valence electrons. The summed E-state index contributed by atoms with van der Waals surface area (Å²) in [6.45, 7) is 4.08. The molecule has 2 aromatic carbocycles. The highest BCUT2D eigenvalue weighted by atomic mass is 16.6. The molecule has 1 saturated carbocycles. The third kappa shape index (κ3) is 4.96. The minimum Gasteiger partial charge on any atom is -0.438 e. The first-order valence-electron chi connectivity index (χ1n) is 12.7. The Hall–Kier alpha value is -3.38. The van der Waals surface area contributed by atoms with E-state index in [1.165, 1.54) is 0 Å². The van der Waals surface area contributed by atoms with E-state index in [4.69, 9.17) is 4.74 Å². The number of carbonyl (C=O) groups is 1. The van der Waals surface area contributed by atoms with Crippen LogP contribution < -0.4 is 5.56 Å². The number of pyridine rings is 1. The summed E-state index contributed by atoms with van der Waals surface area (Å²) in [6.07, 6.45) is 4.64. The molecule has 36 heavy (non-hydrogen) atoms. The molecule has 2 atom stereocenters. The van der Waals surface area contributed by atoms with Gasteiger partial charge in [0.05, 0.1) is 11.6 Å². The number of cyclic esters (lactones) is 1. The predicted molar refractivity (Wildman–Crippen MR) is 139 cm³/mol. The monoisotopic (exact) mass is 486 g/mol. The molecule has 1 aliphatic heterocycles. The van der Waals surface area contributed by atoms with Gasteiger partial charge in [-0.05, 0) is 60.9 Å². The molecular formula is C30H34N2O4. The van der Waals surface area contributed by atoms with Crippen LogP contribution in [0.15, 0.2) is 77.7 Å². The standard InChI is InChI=1S/C30H34N2O4/c1-29(2,35)20-30(25-7-5-4-6-8-25)17-18-32(28(34)36-30)27(23-13-14-23)22-11-9-21(10-12-22)24-15-16-26(33)31(3)19-24/h4-12,15-16,19,23,27,35H,13-14,17-18,20H2,1-3H3. The van der Waals surface area contributed by atoms with Gasteiger partial charge in [0.15, 0.2) is 0 Å². The van der Waals surface area contributed by atoms with Crippen molar-refractivity contribution in [2.45, 2.75) is 56.8 Å². The summed E-state index contributed by atoms with van der Waals surface area (Å²) in [6, 6.07) is 21.5. The van der Waals surface area contributed by atoms with Crippen molar-refractivity contribution in [2.24, 2.45) is 13.0 Å². The second-order valence-corrected chi connectivity index (χ2v) is 10.9. The van der Waals surface area contributed by atoms with E-state index in [2.05, 4.69) is 24.3 Å². The Morgan fingerprint density at radius 1 is 1.00 bits per heavy atom. The van der Waals surface area contributed by atoms with E-state index in [0.29, 0.717) is 25.3 Å². The first-order valence-corrected chi connectivity index (χ1v) is 12.7. The van der Waals surface area contributed by atoms with Crippen molar-refractivity contribution in [2.75, 3.05) is 6.54 Å². The quantitative estimate of drug-likeness (QED) is 0.485. The van der Waals surface area contributed by atoms with Crippen LogP contribution in [0.2, 0.25) is 0 Å². The lowest BCUT2D eigenvalue weighted by atomic mass is 9.80. The fourth-order valence-corrected chi connectivity index (χ4v) is 5.55. The van der Waals surface area contributed by atoms with Crippen LogP contribution in [-0.2, 0) is 17.4 Å². The number of aliphatic hydroxyl groups is 1. The molecule has 2 fully saturated rings. The number of hydrogen-bond donors (Lipinski definition) is 1. The average Bonchev–Trinajstić information content (AvgIpc) is 3.68.